The molecule has 104 valence electrons. The number of hydrogen-bond donors (Lipinski definition) is 1. The lowest BCUT2D eigenvalue weighted by molar-refractivity contribution is -0.122. The minimum absolute atomic E-state index is 0.0511. The third-order valence-corrected chi connectivity index (χ3v) is 4.28. The van der Waals surface area contributed by atoms with Gasteiger partial charge in [-0.05, 0) is 31.0 Å². The molecule has 1 aromatic carbocycles. The average Bonchev–Trinajstić information content (AvgIpc) is 2.96. The number of hydrogen-bond acceptors (Lipinski definition) is 3. The van der Waals surface area contributed by atoms with Gasteiger partial charge in [0.2, 0.25) is 11.8 Å². The zero-order valence-corrected chi connectivity index (χ0v) is 11.5. The Balaban J connectivity index is 2.01. The lowest BCUT2D eigenvalue weighted by Crippen LogP contribution is -2.32. The van der Waals surface area contributed by atoms with Crippen molar-refractivity contribution < 1.29 is 14.0 Å². The quantitative estimate of drug-likeness (QED) is 0.666. The second kappa shape index (κ2) is 4.63. The molecular formula is C14H13FN2O2S. The standard InChI is InChI=1S/C14H13FN2O2S/c15-11-5-4-7(6-10(11)12(16)20)17-13(18)8-2-1-3-9(8)14(17)19/h4-6,8-9H,1-3H2,(H2,16,20). The van der Waals surface area contributed by atoms with Crippen LogP contribution in [0.25, 0.3) is 0 Å². The Labute approximate surface area is 120 Å². The molecule has 1 aliphatic carbocycles. The number of carbonyl (C=O) groups is 2. The van der Waals surface area contributed by atoms with Crippen LogP contribution >= 0.6 is 12.2 Å². The highest BCUT2D eigenvalue weighted by atomic mass is 32.1. The van der Waals surface area contributed by atoms with E-state index in [0.29, 0.717) is 5.69 Å². The molecule has 4 nitrogen and oxygen atoms in total. The van der Waals surface area contributed by atoms with Crippen molar-refractivity contribution in [3.63, 3.8) is 0 Å². The Morgan fingerprint density at radius 3 is 2.40 bits per heavy atom. The predicted molar refractivity (Wildman–Crippen MR) is 75.6 cm³/mol. The molecule has 2 atom stereocenters. The van der Waals surface area contributed by atoms with Gasteiger partial charge in [0, 0.05) is 5.56 Å². The molecule has 0 radical (unpaired) electrons. The van der Waals surface area contributed by atoms with Crippen LogP contribution in [0.3, 0.4) is 0 Å². The number of rotatable bonds is 2. The second-order valence-corrected chi connectivity index (χ2v) is 5.62. The van der Waals surface area contributed by atoms with Crippen LogP contribution in [0.2, 0.25) is 0 Å². The monoisotopic (exact) mass is 292 g/mol. The molecule has 0 bridgehead atoms. The van der Waals surface area contributed by atoms with E-state index < -0.39 is 5.82 Å². The number of amides is 2. The van der Waals surface area contributed by atoms with Crippen molar-refractivity contribution in [3.8, 4) is 0 Å². The topological polar surface area (TPSA) is 63.4 Å². The second-order valence-electron chi connectivity index (χ2n) is 5.18. The van der Waals surface area contributed by atoms with Gasteiger partial charge in [-0.2, -0.15) is 0 Å². The number of fused-ring (bicyclic) bond motifs is 1. The maximum atomic E-state index is 13.6. The molecule has 6 heteroatoms. The van der Waals surface area contributed by atoms with Crippen LogP contribution in [0.4, 0.5) is 10.1 Å². The first-order valence-electron chi connectivity index (χ1n) is 6.48. The summed E-state index contributed by atoms with van der Waals surface area (Å²) in [5.41, 5.74) is 5.84. The van der Waals surface area contributed by atoms with E-state index in [1.807, 2.05) is 0 Å². The molecule has 2 amide bonds. The first-order chi connectivity index (χ1) is 9.50. The van der Waals surface area contributed by atoms with Gasteiger partial charge < -0.3 is 5.73 Å². The minimum atomic E-state index is -0.555. The van der Waals surface area contributed by atoms with Crippen molar-refractivity contribution in [2.75, 3.05) is 4.90 Å². The first kappa shape index (κ1) is 13.2. The van der Waals surface area contributed by atoms with E-state index in [1.165, 1.54) is 18.2 Å². The summed E-state index contributed by atoms with van der Waals surface area (Å²) in [6.45, 7) is 0. The molecule has 2 aliphatic rings. The van der Waals surface area contributed by atoms with E-state index in [9.17, 15) is 14.0 Å². The maximum Gasteiger partial charge on any atom is 0.237 e. The number of anilines is 1. The fraction of sp³-hybridized carbons (Fsp3) is 0.357. The maximum absolute atomic E-state index is 13.6. The molecule has 1 aliphatic heterocycles. The fourth-order valence-corrected chi connectivity index (χ4v) is 3.24. The van der Waals surface area contributed by atoms with Crippen molar-refractivity contribution >= 4 is 34.7 Å². The number of nitrogens with zero attached hydrogens (tertiary/aromatic N) is 1. The number of halogens is 1. The van der Waals surface area contributed by atoms with E-state index in [0.717, 1.165) is 24.2 Å². The molecule has 2 fully saturated rings. The average molecular weight is 292 g/mol. The third-order valence-electron chi connectivity index (χ3n) is 4.06. The van der Waals surface area contributed by atoms with Gasteiger partial charge in [-0.3, -0.25) is 14.5 Å². The lowest BCUT2D eigenvalue weighted by Gasteiger charge is -2.17. The minimum Gasteiger partial charge on any atom is -0.389 e. The largest absolute Gasteiger partial charge is 0.389 e. The third kappa shape index (κ3) is 1.83. The van der Waals surface area contributed by atoms with Crippen LogP contribution in [0.5, 0.6) is 0 Å². The van der Waals surface area contributed by atoms with Crippen molar-refractivity contribution in [1.82, 2.24) is 0 Å². The summed E-state index contributed by atoms with van der Waals surface area (Å²) in [7, 11) is 0. The normalized spacial score (nSPS) is 25.1. The van der Waals surface area contributed by atoms with Crippen LogP contribution in [-0.4, -0.2) is 16.8 Å². The molecule has 1 saturated carbocycles. The van der Waals surface area contributed by atoms with Gasteiger partial charge in [-0.1, -0.05) is 18.6 Å². The van der Waals surface area contributed by atoms with Crippen LogP contribution < -0.4 is 10.6 Å². The van der Waals surface area contributed by atoms with Crippen LogP contribution in [0.1, 0.15) is 24.8 Å². The number of benzene rings is 1. The van der Waals surface area contributed by atoms with Gasteiger partial charge in [0.05, 0.1) is 17.5 Å². The Morgan fingerprint density at radius 2 is 1.85 bits per heavy atom. The summed E-state index contributed by atoms with van der Waals surface area (Å²) < 4.78 is 13.6. The number of imide groups is 1. The summed E-state index contributed by atoms with van der Waals surface area (Å²) in [5, 5.41) is 0. The Morgan fingerprint density at radius 1 is 1.25 bits per heavy atom. The molecule has 2 N–H and O–H groups in total. The first-order valence-corrected chi connectivity index (χ1v) is 6.88. The zero-order valence-electron chi connectivity index (χ0n) is 10.6. The molecule has 0 spiro atoms. The van der Waals surface area contributed by atoms with E-state index >= 15 is 0 Å². The summed E-state index contributed by atoms with van der Waals surface area (Å²) in [4.78, 5) is 25.7. The lowest BCUT2D eigenvalue weighted by atomic mass is 10.00. The van der Waals surface area contributed by atoms with Gasteiger partial charge in [0.15, 0.2) is 0 Å². The Bertz CT molecular complexity index is 610. The van der Waals surface area contributed by atoms with Crippen LogP contribution in [-0.2, 0) is 9.59 Å². The molecule has 1 heterocycles. The molecule has 2 unspecified atom stereocenters. The highest BCUT2D eigenvalue weighted by molar-refractivity contribution is 7.80. The van der Waals surface area contributed by atoms with E-state index in [4.69, 9.17) is 18.0 Å². The van der Waals surface area contributed by atoms with Crippen molar-refractivity contribution in [2.45, 2.75) is 19.3 Å². The van der Waals surface area contributed by atoms with E-state index in [1.54, 1.807) is 0 Å². The molecule has 1 aromatic rings. The van der Waals surface area contributed by atoms with Crippen molar-refractivity contribution in [2.24, 2.45) is 17.6 Å². The van der Waals surface area contributed by atoms with E-state index in [2.05, 4.69) is 0 Å². The highest BCUT2D eigenvalue weighted by Crippen LogP contribution is 2.41. The molecule has 3 rings (SSSR count). The highest BCUT2D eigenvalue weighted by Gasteiger charge is 2.50. The Hall–Kier alpha value is -1.82. The Kier molecular flexibility index (Phi) is 3.05. The summed E-state index contributed by atoms with van der Waals surface area (Å²) >= 11 is 4.77. The van der Waals surface area contributed by atoms with Crippen molar-refractivity contribution in [3.05, 3.63) is 29.6 Å². The molecule has 0 aromatic heterocycles. The summed E-state index contributed by atoms with van der Waals surface area (Å²) in [6.07, 6.45) is 2.40. The number of thiocarbonyl (C=S) groups is 1. The summed E-state index contributed by atoms with van der Waals surface area (Å²) in [5.74, 6) is -1.39. The molecule has 20 heavy (non-hydrogen) atoms. The zero-order chi connectivity index (χ0) is 14.4. The smallest absolute Gasteiger partial charge is 0.237 e. The van der Waals surface area contributed by atoms with E-state index in [-0.39, 0.29) is 34.2 Å². The van der Waals surface area contributed by atoms with Gasteiger partial charge in [-0.25, -0.2) is 4.39 Å². The van der Waals surface area contributed by atoms with Crippen LogP contribution in [0, 0.1) is 17.7 Å². The predicted octanol–water partition coefficient (Wildman–Crippen LogP) is 1.75. The molecular weight excluding hydrogens is 279 g/mol. The summed E-state index contributed by atoms with van der Waals surface area (Å²) in [6, 6.07) is 3.96. The molecule has 1 saturated heterocycles. The van der Waals surface area contributed by atoms with Gasteiger partial charge >= 0.3 is 0 Å². The van der Waals surface area contributed by atoms with Gasteiger partial charge in [-0.15, -0.1) is 0 Å². The fourth-order valence-electron chi connectivity index (χ4n) is 3.09. The van der Waals surface area contributed by atoms with Crippen LogP contribution in [0.15, 0.2) is 18.2 Å². The number of nitrogens with two attached hydrogens (primary N) is 1. The number of carbonyl (C=O) groups excluding carboxylic acids is 2. The van der Waals surface area contributed by atoms with Crippen molar-refractivity contribution in [1.29, 1.82) is 0 Å². The SMILES string of the molecule is NC(=S)c1cc(N2C(=O)C3CCCC3C2=O)ccc1F. The van der Waals surface area contributed by atoms with Gasteiger partial charge in [0.1, 0.15) is 10.8 Å². The van der Waals surface area contributed by atoms with Gasteiger partial charge in [0.25, 0.3) is 0 Å².